The summed E-state index contributed by atoms with van der Waals surface area (Å²) in [4.78, 5) is 16.7. The maximum Gasteiger partial charge on any atom is 0.363 e. The molecule has 0 aliphatic carbocycles. The van der Waals surface area contributed by atoms with Crippen LogP contribution in [0.15, 0.2) is 75.8 Å². The van der Waals surface area contributed by atoms with Gasteiger partial charge in [-0.3, -0.25) is 0 Å². The van der Waals surface area contributed by atoms with Crippen LogP contribution in [-0.4, -0.2) is 18.5 Å². The van der Waals surface area contributed by atoms with Gasteiger partial charge in [-0.05, 0) is 72.7 Å². The first-order chi connectivity index (χ1) is 15.9. The molecule has 0 N–H and O–H groups in total. The molecule has 0 amide bonds. The molecule has 3 aromatic rings. The van der Waals surface area contributed by atoms with Crippen molar-refractivity contribution in [2.24, 2.45) is 4.99 Å². The van der Waals surface area contributed by atoms with Crippen LogP contribution in [-0.2, 0) is 16.1 Å². The van der Waals surface area contributed by atoms with Crippen LogP contribution >= 0.6 is 27.5 Å². The van der Waals surface area contributed by atoms with Crippen LogP contribution in [0.2, 0.25) is 5.02 Å². The van der Waals surface area contributed by atoms with Gasteiger partial charge >= 0.3 is 5.97 Å². The number of hydrogen-bond acceptors (Lipinski definition) is 5. The Kier molecular flexibility index (Phi) is 7.11. The van der Waals surface area contributed by atoms with Crippen molar-refractivity contribution in [2.45, 2.75) is 13.5 Å². The van der Waals surface area contributed by atoms with Gasteiger partial charge in [0, 0.05) is 10.0 Å². The molecule has 168 valence electrons. The molecule has 0 saturated heterocycles. The second kappa shape index (κ2) is 10.2. The minimum atomic E-state index is -0.562. The van der Waals surface area contributed by atoms with E-state index in [2.05, 4.69) is 20.9 Å². The lowest BCUT2D eigenvalue weighted by molar-refractivity contribution is -0.129. The van der Waals surface area contributed by atoms with Gasteiger partial charge in [0.2, 0.25) is 5.90 Å². The molecule has 4 rings (SSSR count). The Morgan fingerprint density at radius 3 is 2.64 bits per heavy atom. The normalized spacial score (nSPS) is 14.2. The summed E-state index contributed by atoms with van der Waals surface area (Å²) in [5.74, 6) is 0.0498. The Hall–Kier alpha value is -3.16. The first kappa shape index (κ1) is 23.0. The van der Waals surface area contributed by atoms with E-state index >= 15 is 0 Å². The average Bonchev–Trinajstić information content (AvgIpc) is 3.14. The van der Waals surface area contributed by atoms with Gasteiger partial charge in [0.1, 0.15) is 12.4 Å². The standard InChI is InChI=1S/C25H18BrClFNO4/c1-2-31-22-13-16(11-20(27)23(22)32-14-15-4-3-5-19(28)10-15)12-21-25(30)33-24(29-21)17-6-8-18(26)9-7-17/h3-13H,2,14H2,1H3/b21-12-. The van der Waals surface area contributed by atoms with Gasteiger partial charge in [0.25, 0.3) is 0 Å². The number of carbonyl (C=O) groups excluding carboxylic acids is 1. The lowest BCUT2D eigenvalue weighted by Gasteiger charge is -2.14. The fourth-order valence-corrected chi connectivity index (χ4v) is 3.68. The predicted molar refractivity (Wildman–Crippen MR) is 128 cm³/mol. The molecule has 8 heteroatoms. The minimum Gasteiger partial charge on any atom is -0.490 e. The van der Waals surface area contributed by atoms with E-state index in [4.69, 9.17) is 25.8 Å². The summed E-state index contributed by atoms with van der Waals surface area (Å²) in [7, 11) is 0. The van der Waals surface area contributed by atoms with E-state index in [0.29, 0.717) is 34.8 Å². The highest BCUT2D eigenvalue weighted by Crippen LogP contribution is 2.38. The van der Waals surface area contributed by atoms with E-state index in [1.165, 1.54) is 12.1 Å². The van der Waals surface area contributed by atoms with Gasteiger partial charge in [0.15, 0.2) is 17.2 Å². The van der Waals surface area contributed by atoms with E-state index in [1.807, 2.05) is 19.1 Å². The number of nitrogens with zero attached hydrogens (tertiary/aromatic N) is 1. The van der Waals surface area contributed by atoms with E-state index in [1.54, 1.807) is 42.5 Å². The van der Waals surface area contributed by atoms with Crippen molar-refractivity contribution >= 4 is 45.5 Å². The van der Waals surface area contributed by atoms with E-state index in [-0.39, 0.29) is 29.0 Å². The van der Waals surface area contributed by atoms with E-state index < -0.39 is 5.97 Å². The Labute approximate surface area is 203 Å². The van der Waals surface area contributed by atoms with Gasteiger partial charge in [-0.2, -0.15) is 0 Å². The predicted octanol–water partition coefficient (Wildman–Crippen LogP) is 6.56. The maximum atomic E-state index is 13.4. The zero-order valence-corrected chi connectivity index (χ0v) is 19.8. The number of esters is 1. The molecule has 3 aromatic carbocycles. The fourth-order valence-electron chi connectivity index (χ4n) is 3.14. The highest BCUT2D eigenvalue weighted by Gasteiger charge is 2.24. The summed E-state index contributed by atoms with van der Waals surface area (Å²) >= 11 is 9.84. The second-order valence-corrected chi connectivity index (χ2v) is 8.35. The van der Waals surface area contributed by atoms with Gasteiger partial charge in [-0.1, -0.05) is 39.7 Å². The van der Waals surface area contributed by atoms with Crippen molar-refractivity contribution in [1.82, 2.24) is 0 Å². The lowest BCUT2D eigenvalue weighted by Crippen LogP contribution is -2.05. The summed E-state index contributed by atoms with van der Waals surface area (Å²) in [6.45, 7) is 2.32. The Morgan fingerprint density at radius 1 is 1.12 bits per heavy atom. The third-order valence-corrected chi connectivity index (χ3v) is 5.43. The highest BCUT2D eigenvalue weighted by atomic mass is 79.9. The minimum absolute atomic E-state index is 0.116. The molecule has 0 aromatic heterocycles. The quantitative estimate of drug-likeness (QED) is 0.256. The summed E-state index contributed by atoms with van der Waals surface area (Å²) in [6, 6.07) is 16.7. The number of aliphatic imine (C=N–C) groups is 1. The maximum absolute atomic E-state index is 13.4. The van der Waals surface area contributed by atoms with Gasteiger partial charge in [-0.25, -0.2) is 14.2 Å². The topological polar surface area (TPSA) is 57.1 Å². The molecule has 0 atom stereocenters. The highest BCUT2D eigenvalue weighted by molar-refractivity contribution is 9.10. The molecule has 0 spiro atoms. The summed E-state index contributed by atoms with van der Waals surface area (Å²) < 4.78 is 31.2. The molecule has 1 heterocycles. The Bertz CT molecular complexity index is 1260. The van der Waals surface area contributed by atoms with Crippen LogP contribution in [0.5, 0.6) is 11.5 Å². The number of cyclic esters (lactones) is 1. The molecule has 0 radical (unpaired) electrons. The van der Waals surface area contributed by atoms with Crippen LogP contribution in [0.3, 0.4) is 0 Å². The Morgan fingerprint density at radius 2 is 1.91 bits per heavy atom. The summed E-state index contributed by atoms with van der Waals surface area (Å²) in [5.41, 5.74) is 2.07. The van der Waals surface area contributed by atoms with Crippen LogP contribution in [0.25, 0.3) is 6.08 Å². The molecule has 5 nitrogen and oxygen atoms in total. The molecule has 1 aliphatic rings. The van der Waals surface area contributed by atoms with Crippen molar-refractivity contribution in [3.05, 3.63) is 98.4 Å². The number of carbonyl (C=O) groups is 1. The molecule has 0 fully saturated rings. The van der Waals surface area contributed by atoms with Crippen LogP contribution in [0.1, 0.15) is 23.6 Å². The Balaban J connectivity index is 1.61. The molecule has 1 aliphatic heterocycles. The molecule has 0 unspecified atom stereocenters. The lowest BCUT2D eigenvalue weighted by atomic mass is 10.1. The molecule has 0 bridgehead atoms. The van der Waals surface area contributed by atoms with Crippen molar-refractivity contribution in [2.75, 3.05) is 6.61 Å². The van der Waals surface area contributed by atoms with Crippen molar-refractivity contribution in [1.29, 1.82) is 0 Å². The summed E-state index contributed by atoms with van der Waals surface area (Å²) in [5, 5.41) is 0.285. The van der Waals surface area contributed by atoms with Gasteiger partial charge < -0.3 is 14.2 Å². The van der Waals surface area contributed by atoms with Crippen molar-refractivity contribution in [3.63, 3.8) is 0 Å². The SMILES string of the molecule is CCOc1cc(/C=C2\N=C(c3ccc(Br)cc3)OC2=O)cc(Cl)c1OCc1cccc(F)c1. The van der Waals surface area contributed by atoms with Gasteiger partial charge in [0.05, 0.1) is 11.6 Å². The van der Waals surface area contributed by atoms with Crippen LogP contribution < -0.4 is 9.47 Å². The van der Waals surface area contributed by atoms with Crippen LogP contribution in [0, 0.1) is 5.82 Å². The first-order valence-electron chi connectivity index (χ1n) is 10.0. The van der Waals surface area contributed by atoms with E-state index in [9.17, 15) is 9.18 Å². The zero-order chi connectivity index (χ0) is 23.4. The molecular weight excluding hydrogens is 513 g/mol. The van der Waals surface area contributed by atoms with Crippen molar-refractivity contribution in [3.8, 4) is 11.5 Å². The smallest absolute Gasteiger partial charge is 0.363 e. The number of hydrogen-bond donors (Lipinski definition) is 0. The second-order valence-electron chi connectivity index (χ2n) is 7.02. The number of ether oxygens (including phenoxy) is 3. The number of benzene rings is 3. The number of halogens is 3. The third-order valence-electron chi connectivity index (χ3n) is 4.62. The molecule has 33 heavy (non-hydrogen) atoms. The van der Waals surface area contributed by atoms with E-state index in [0.717, 1.165) is 4.47 Å². The molecular formula is C25H18BrClFNO4. The average molecular weight is 531 g/mol. The van der Waals surface area contributed by atoms with Crippen LogP contribution in [0.4, 0.5) is 4.39 Å². The van der Waals surface area contributed by atoms with Crippen molar-refractivity contribution < 1.29 is 23.4 Å². The zero-order valence-electron chi connectivity index (χ0n) is 17.5. The third kappa shape index (κ3) is 5.61. The number of rotatable bonds is 7. The largest absolute Gasteiger partial charge is 0.490 e. The first-order valence-corrected chi connectivity index (χ1v) is 11.2. The summed E-state index contributed by atoms with van der Waals surface area (Å²) in [6.07, 6.45) is 1.57. The monoisotopic (exact) mass is 529 g/mol. The fraction of sp³-hybridized carbons (Fsp3) is 0.120. The van der Waals surface area contributed by atoms with Gasteiger partial charge in [-0.15, -0.1) is 0 Å². The molecule has 0 saturated carbocycles.